The van der Waals surface area contributed by atoms with Gasteiger partial charge in [-0.1, -0.05) is 0 Å². The van der Waals surface area contributed by atoms with Crippen molar-refractivity contribution in [2.24, 2.45) is 0 Å². The summed E-state index contributed by atoms with van der Waals surface area (Å²) in [6.45, 7) is 1.10. The Morgan fingerprint density at radius 2 is 2.18 bits per heavy atom. The molecule has 0 aliphatic carbocycles. The highest BCUT2D eigenvalue weighted by Crippen LogP contribution is 2.19. The van der Waals surface area contributed by atoms with E-state index in [2.05, 4.69) is 21.9 Å². The molecule has 0 saturated heterocycles. The molecule has 3 heteroatoms. The van der Waals surface area contributed by atoms with Gasteiger partial charge < -0.3 is 4.90 Å². The number of hydrogen-bond donors (Lipinski definition) is 0. The molecule has 0 atom stereocenters. The lowest BCUT2D eigenvalue weighted by atomic mass is 10.1. The zero-order chi connectivity index (χ0) is 7.68. The van der Waals surface area contributed by atoms with Crippen LogP contribution in [0.3, 0.4) is 0 Å². The first-order valence-electron chi connectivity index (χ1n) is 3.89. The molecule has 0 saturated carbocycles. The van der Waals surface area contributed by atoms with E-state index in [0.717, 1.165) is 24.5 Å². The number of aromatic nitrogens is 2. The Labute approximate surface area is 66.1 Å². The summed E-state index contributed by atoms with van der Waals surface area (Å²) in [6, 6.07) is 0. The summed E-state index contributed by atoms with van der Waals surface area (Å²) in [5.41, 5.74) is 1.14. The predicted molar refractivity (Wildman–Crippen MR) is 43.6 cm³/mol. The number of aryl methyl sites for hydroxylation is 1. The van der Waals surface area contributed by atoms with Crippen molar-refractivity contribution in [3.05, 3.63) is 18.1 Å². The zero-order valence-electron chi connectivity index (χ0n) is 6.62. The van der Waals surface area contributed by atoms with Crippen LogP contribution in [0.1, 0.15) is 12.1 Å². The molecule has 2 rings (SSSR count). The molecule has 11 heavy (non-hydrogen) atoms. The second-order valence-corrected chi connectivity index (χ2v) is 2.85. The van der Waals surface area contributed by atoms with Gasteiger partial charge in [-0.05, 0) is 12.8 Å². The number of fused-ring (bicyclic) bond motifs is 1. The fraction of sp³-hybridized carbons (Fsp3) is 0.500. The van der Waals surface area contributed by atoms with Gasteiger partial charge in [0.15, 0.2) is 0 Å². The average Bonchev–Trinajstić information content (AvgIpc) is 2.06. The summed E-state index contributed by atoms with van der Waals surface area (Å²) in [5, 5.41) is 0. The van der Waals surface area contributed by atoms with Crippen molar-refractivity contribution in [1.82, 2.24) is 9.97 Å². The summed E-state index contributed by atoms with van der Waals surface area (Å²) in [4.78, 5) is 10.7. The van der Waals surface area contributed by atoms with E-state index in [1.807, 2.05) is 0 Å². The Balaban J connectivity index is 2.44. The Bertz CT molecular complexity index is 259. The molecule has 1 aliphatic rings. The molecule has 1 aromatic heterocycles. The molecular formula is C8H11N3. The molecule has 2 heterocycles. The van der Waals surface area contributed by atoms with Crippen molar-refractivity contribution >= 4 is 5.82 Å². The van der Waals surface area contributed by atoms with E-state index < -0.39 is 0 Å². The van der Waals surface area contributed by atoms with Crippen LogP contribution in [0.2, 0.25) is 0 Å². The van der Waals surface area contributed by atoms with Crippen LogP contribution in [0.5, 0.6) is 0 Å². The summed E-state index contributed by atoms with van der Waals surface area (Å²) in [5.74, 6) is 1.05. The molecular weight excluding hydrogens is 138 g/mol. The zero-order valence-corrected chi connectivity index (χ0v) is 6.62. The van der Waals surface area contributed by atoms with Crippen LogP contribution < -0.4 is 4.90 Å². The normalized spacial score (nSPS) is 16.3. The third kappa shape index (κ3) is 1.06. The number of nitrogens with zero attached hydrogens (tertiary/aromatic N) is 3. The maximum absolute atomic E-state index is 4.27. The van der Waals surface area contributed by atoms with Gasteiger partial charge in [0.1, 0.15) is 5.82 Å². The van der Waals surface area contributed by atoms with E-state index in [0.29, 0.717) is 0 Å². The first-order valence-corrected chi connectivity index (χ1v) is 3.89. The maximum Gasteiger partial charge on any atom is 0.150 e. The standard InChI is InChI=1S/C8H11N3/c1-11-6-2-3-7-8(11)10-5-4-9-7/h4-5H,2-3,6H2,1H3. The summed E-state index contributed by atoms with van der Waals surface area (Å²) in [7, 11) is 2.06. The van der Waals surface area contributed by atoms with Crippen molar-refractivity contribution in [3.8, 4) is 0 Å². The first-order chi connectivity index (χ1) is 5.38. The average molecular weight is 149 g/mol. The molecule has 0 aromatic carbocycles. The molecule has 0 bridgehead atoms. The van der Waals surface area contributed by atoms with Crippen molar-refractivity contribution in [1.29, 1.82) is 0 Å². The molecule has 0 fully saturated rings. The van der Waals surface area contributed by atoms with Gasteiger partial charge in [-0.15, -0.1) is 0 Å². The third-order valence-corrected chi connectivity index (χ3v) is 2.02. The van der Waals surface area contributed by atoms with E-state index >= 15 is 0 Å². The quantitative estimate of drug-likeness (QED) is 0.548. The van der Waals surface area contributed by atoms with E-state index in [-0.39, 0.29) is 0 Å². The van der Waals surface area contributed by atoms with Gasteiger partial charge in [0, 0.05) is 26.0 Å². The van der Waals surface area contributed by atoms with Crippen molar-refractivity contribution < 1.29 is 0 Å². The second kappa shape index (κ2) is 2.49. The minimum atomic E-state index is 1.05. The van der Waals surface area contributed by atoms with Crippen molar-refractivity contribution in [2.75, 3.05) is 18.5 Å². The Morgan fingerprint density at radius 1 is 1.36 bits per heavy atom. The Kier molecular flexibility index (Phi) is 1.49. The molecule has 0 spiro atoms. The van der Waals surface area contributed by atoms with Crippen LogP contribution in [0.4, 0.5) is 5.82 Å². The van der Waals surface area contributed by atoms with E-state index in [9.17, 15) is 0 Å². The summed E-state index contributed by atoms with van der Waals surface area (Å²) >= 11 is 0. The lowest BCUT2D eigenvalue weighted by molar-refractivity contribution is 0.710. The highest BCUT2D eigenvalue weighted by atomic mass is 15.2. The lowest BCUT2D eigenvalue weighted by Crippen LogP contribution is -2.26. The highest BCUT2D eigenvalue weighted by molar-refractivity contribution is 5.43. The summed E-state index contributed by atoms with van der Waals surface area (Å²) < 4.78 is 0. The second-order valence-electron chi connectivity index (χ2n) is 2.85. The molecule has 1 aromatic rings. The molecule has 58 valence electrons. The number of anilines is 1. The highest BCUT2D eigenvalue weighted by Gasteiger charge is 2.14. The molecule has 1 aliphatic heterocycles. The van der Waals surface area contributed by atoms with Gasteiger partial charge in [0.05, 0.1) is 5.69 Å². The van der Waals surface area contributed by atoms with E-state index in [4.69, 9.17) is 0 Å². The Morgan fingerprint density at radius 3 is 3.00 bits per heavy atom. The lowest BCUT2D eigenvalue weighted by Gasteiger charge is -2.24. The predicted octanol–water partition coefficient (Wildman–Crippen LogP) is 0.859. The summed E-state index contributed by atoms with van der Waals surface area (Å²) in [6.07, 6.45) is 5.79. The first kappa shape index (κ1) is 6.58. The van der Waals surface area contributed by atoms with Crippen molar-refractivity contribution in [3.63, 3.8) is 0 Å². The van der Waals surface area contributed by atoms with Gasteiger partial charge >= 0.3 is 0 Å². The molecule has 0 radical (unpaired) electrons. The van der Waals surface area contributed by atoms with Gasteiger partial charge in [0.2, 0.25) is 0 Å². The molecule has 3 nitrogen and oxygen atoms in total. The fourth-order valence-corrected chi connectivity index (χ4v) is 1.44. The number of rotatable bonds is 0. The SMILES string of the molecule is CN1CCCc2nccnc21. The number of hydrogen-bond acceptors (Lipinski definition) is 3. The smallest absolute Gasteiger partial charge is 0.150 e. The van der Waals surface area contributed by atoms with Gasteiger partial charge in [-0.2, -0.15) is 0 Å². The van der Waals surface area contributed by atoms with Crippen LogP contribution in [-0.4, -0.2) is 23.6 Å². The van der Waals surface area contributed by atoms with Crippen LogP contribution in [0.15, 0.2) is 12.4 Å². The molecule has 0 unspecified atom stereocenters. The monoisotopic (exact) mass is 149 g/mol. The van der Waals surface area contributed by atoms with Gasteiger partial charge in [-0.25, -0.2) is 4.98 Å². The van der Waals surface area contributed by atoms with Crippen LogP contribution in [-0.2, 0) is 6.42 Å². The van der Waals surface area contributed by atoms with Crippen molar-refractivity contribution in [2.45, 2.75) is 12.8 Å². The Hall–Kier alpha value is -1.12. The molecule has 0 amide bonds. The van der Waals surface area contributed by atoms with Crippen LogP contribution in [0, 0.1) is 0 Å². The van der Waals surface area contributed by atoms with Crippen LogP contribution >= 0.6 is 0 Å². The third-order valence-electron chi connectivity index (χ3n) is 2.02. The van der Waals surface area contributed by atoms with E-state index in [1.54, 1.807) is 12.4 Å². The van der Waals surface area contributed by atoms with Crippen LogP contribution in [0.25, 0.3) is 0 Å². The van der Waals surface area contributed by atoms with Gasteiger partial charge in [0.25, 0.3) is 0 Å². The topological polar surface area (TPSA) is 29.0 Å². The van der Waals surface area contributed by atoms with E-state index in [1.165, 1.54) is 6.42 Å². The largest absolute Gasteiger partial charge is 0.358 e. The minimum Gasteiger partial charge on any atom is -0.358 e. The fourth-order valence-electron chi connectivity index (χ4n) is 1.44. The minimum absolute atomic E-state index is 1.05. The van der Waals surface area contributed by atoms with Gasteiger partial charge in [-0.3, -0.25) is 4.98 Å². The molecule has 0 N–H and O–H groups in total. The maximum atomic E-state index is 4.27.